The van der Waals surface area contributed by atoms with Crippen LogP contribution in [0.25, 0.3) is 0 Å². The molecule has 0 aliphatic rings. The fourth-order valence-corrected chi connectivity index (χ4v) is 1.82. The third-order valence-electron chi connectivity index (χ3n) is 1.81. The van der Waals surface area contributed by atoms with E-state index in [4.69, 9.17) is 25.5 Å². The number of amides is 1. The maximum atomic E-state index is 11.3. The van der Waals surface area contributed by atoms with E-state index in [1.165, 1.54) is 18.7 Å². The number of alkyl carbamates (subject to hydrolysis) is 1. The Hall–Kier alpha value is -1.48. The third-order valence-corrected chi connectivity index (χ3v) is 3.10. The van der Waals surface area contributed by atoms with E-state index in [-0.39, 0.29) is 0 Å². The molecule has 0 radical (unpaired) electrons. The number of ether oxygens (including phenoxy) is 1. The Morgan fingerprint density at radius 3 is 2.00 bits per heavy atom. The van der Waals surface area contributed by atoms with Crippen LogP contribution in [0.15, 0.2) is 0 Å². The largest absolute Gasteiger partial charge is 0.481 e. The average Bonchev–Trinajstić information content (AvgIpc) is 2.24. The van der Waals surface area contributed by atoms with Crippen molar-refractivity contribution in [3.8, 4) is 0 Å². The SMILES string of the molecule is CC(=O)O.CC(C)(C)OC(=O)NCCSC[C@](C)(N)C(=O)O. The Labute approximate surface area is 134 Å². The van der Waals surface area contributed by atoms with Gasteiger partial charge in [-0.05, 0) is 27.7 Å². The number of carbonyl (C=O) groups excluding carboxylic acids is 1. The first kappa shape index (κ1) is 22.8. The molecule has 130 valence electrons. The minimum absolute atomic E-state index is 0.290. The highest BCUT2D eigenvalue weighted by Crippen LogP contribution is 2.10. The molecule has 1 amide bonds. The first-order valence-electron chi connectivity index (χ1n) is 6.54. The zero-order chi connectivity index (χ0) is 18.0. The van der Waals surface area contributed by atoms with Gasteiger partial charge in [0.2, 0.25) is 0 Å². The summed E-state index contributed by atoms with van der Waals surface area (Å²) in [6.45, 7) is 8.31. The maximum absolute atomic E-state index is 11.3. The van der Waals surface area contributed by atoms with E-state index < -0.39 is 29.2 Å². The topological polar surface area (TPSA) is 139 Å². The van der Waals surface area contributed by atoms with Gasteiger partial charge in [0.1, 0.15) is 11.1 Å². The second kappa shape index (κ2) is 10.3. The van der Waals surface area contributed by atoms with Gasteiger partial charge in [0.25, 0.3) is 5.97 Å². The maximum Gasteiger partial charge on any atom is 0.407 e. The van der Waals surface area contributed by atoms with Gasteiger partial charge in [0, 0.05) is 25.0 Å². The number of rotatable bonds is 6. The molecular formula is C13H26N2O6S. The minimum atomic E-state index is -1.24. The fourth-order valence-electron chi connectivity index (χ4n) is 0.885. The Morgan fingerprint density at radius 2 is 1.64 bits per heavy atom. The molecule has 8 nitrogen and oxygen atoms in total. The molecule has 0 saturated heterocycles. The summed E-state index contributed by atoms with van der Waals surface area (Å²) < 4.78 is 5.05. The van der Waals surface area contributed by atoms with E-state index in [9.17, 15) is 9.59 Å². The third kappa shape index (κ3) is 16.6. The molecule has 0 spiro atoms. The molecule has 0 heterocycles. The summed E-state index contributed by atoms with van der Waals surface area (Å²) in [5, 5.41) is 18.8. The Morgan fingerprint density at radius 1 is 1.18 bits per heavy atom. The fraction of sp³-hybridized carbons (Fsp3) is 0.769. The van der Waals surface area contributed by atoms with Crippen LogP contribution in [0.2, 0.25) is 0 Å². The predicted octanol–water partition coefficient (Wildman–Crippen LogP) is 1.14. The molecule has 22 heavy (non-hydrogen) atoms. The number of aliphatic carboxylic acids is 2. The molecule has 0 saturated carbocycles. The summed E-state index contributed by atoms with van der Waals surface area (Å²) in [6, 6.07) is 0. The Kier molecular flexibility index (Phi) is 10.7. The van der Waals surface area contributed by atoms with Gasteiger partial charge in [-0.25, -0.2) is 4.79 Å². The highest BCUT2D eigenvalue weighted by molar-refractivity contribution is 7.99. The van der Waals surface area contributed by atoms with Crippen molar-refractivity contribution in [2.24, 2.45) is 5.73 Å². The first-order chi connectivity index (χ1) is 9.78. The number of carboxylic acid groups (broad SMARTS) is 2. The van der Waals surface area contributed by atoms with Gasteiger partial charge in [-0.2, -0.15) is 11.8 Å². The second-order valence-corrected chi connectivity index (χ2v) is 6.83. The normalized spacial score (nSPS) is 13.2. The van der Waals surface area contributed by atoms with Gasteiger partial charge in [-0.3, -0.25) is 9.59 Å². The molecule has 5 N–H and O–H groups in total. The highest BCUT2D eigenvalue weighted by Gasteiger charge is 2.27. The molecular weight excluding hydrogens is 312 g/mol. The van der Waals surface area contributed by atoms with E-state index in [1.54, 1.807) is 20.8 Å². The summed E-state index contributed by atoms with van der Waals surface area (Å²) in [5.74, 6) is -0.993. The lowest BCUT2D eigenvalue weighted by Crippen LogP contribution is -2.47. The van der Waals surface area contributed by atoms with Crippen LogP contribution in [-0.4, -0.2) is 57.4 Å². The van der Waals surface area contributed by atoms with Gasteiger partial charge in [-0.1, -0.05) is 0 Å². The van der Waals surface area contributed by atoms with Crippen molar-refractivity contribution in [2.45, 2.75) is 45.8 Å². The summed E-state index contributed by atoms with van der Waals surface area (Å²) in [4.78, 5) is 31.0. The molecule has 0 fully saturated rings. The number of nitrogens with two attached hydrogens (primary N) is 1. The van der Waals surface area contributed by atoms with Gasteiger partial charge < -0.3 is 26.0 Å². The molecule has 0 rings (SSSR count). The quantitative estimate of drug-likeness (QED) is 0.529. The summed E-state index contributed by atoms with van der Waals surface area (Å²) >= 11 is 1.37. The van der Waals surface area contributed by atoms with Crippen LogP contribution in [0.4, 0.5) is 4.79 Å². The molecule has 0 bridgehead atoms. The summed E-state index contributed by atoms with van der Waals surface area (Å²) in [7, 11) is 0. The molecule has 0 aromatic rings. The molecule has 9 heteroatoms. The van der Waals surface area contributed by atoms with Gasteiger partial charge in [0.15, 0.2) is 0 Å². The number of nitrogens with one attached hydrogen (secondary N) is 1. The van der Waals surface area contributed by atoms with Crippen LogP contribution in [-0.2, 0) is 14.3 Å². The highest BCUT2D eigenvalue weighted by atomic mass is 32.2. The monoisotopic (exact) mass is 338 g/mol. The van der Waals surface area contributed by atoms with Crippen LogP contribution in [0.5, 0.6) is 0 Å². The molecule has 0 aromatic heterocycles. The van der Waals surface area contributed by atoms with Crippen LogP contribution >= 0.6 is 11.8 Å². The number of carboxylic acids is 2. The van der Waals surface area contributed by atoms with Crippen molar-refractivity contribution < 1.29 is 29.3 Å². The van der Waals surface area contributed by atoms with E-state index in [0.29, 0.717) is 18.1 Å². The molecule has 0 unspecified atom stereocenters. The van der Waals surface area contributed by atoms with Crippen molar-refractivity contribution in [3.63, 3.8) is 0 Å². The van der Waals surface area contributed by atoms with E-state index >= 15 is 0 Å². The van der Waals surface area contributed by atoms with Crippen LogP contribution in [0, 0.1) is 0 Å². The van der Waals surface area contributed by atoms with Gasteiger partial charge >= 0.3 is 12.1 Å². The molecule has 0 aliphatic carbocycles. The minimum Gasteiger partial charge on any atom is -0.481 e. The number of thioether (sulfide) groups is 1. The van der Waals surface area contributed by atoms with E-state index in [0.717, 1.165) is 6.92 Å². The lowest BCUT2D eigenvalue weighted by Gasteiger charge is -2.20. The van der Waals surface area contributed by atoms with E-state index in [2.05, 4.69) is 5.32 Å². The van der Waals surface area contributed by atoms with Crippen LogP contribution < -0.4 is 11.1 Å². The average molecular weight is 338 g/mol. The van der Waals surface area contributed by atoms with Gasteiger partial charge in [0.05, 0.1) is 0 Å². The first-order valence-corrected chi connectivity index (χ1v) is 7.70. The molecule has 1 atom stereocenters. The summed E-state index contributed by atoms with van der Waals surface area (Å²) in [5.41, 5.74) is 3.80. The zero-order valence-electron chi connectivity index (χ0n) is 13.6. The number of hydrogen-bond donors (Lipinski definition) is 4. The lowest BCUT2D eigenvalue weighted by atomic mass is 10.1. The summed E-state index contributed by atoms with van der Waals surface area (Å²) in [6.07, 6.45) is -0.475. The van der Waals surface area contributed by atoms with Crippen molar-refractivity contribution in [2.75, 3.05) is 18.1 Å². The lowest BCUT2D eigenvalue weighted by molar-refractivity contribution is -0.141. The molecule has 0 aliphatic heterocycles. The Balaban J connectivity index is 0. The second-order valence-electron chi connectivity index (χ2n) is 5.72. The van der Waals surface area contributed by atoms with Crippen molar-refractivity contribution in [1.29, 1.82) is 0 Å². The Bertz CT molecular complexity index is 375. The molecule has 0 aromatic carbocycles. The zero-order valence-corrected chi connectivity index (χ0v) is 14.5. The predicted molar refractivity (Wildman–Crippen MR) is 85.1 cm³/mol. The smallest absolute Gasteiger partial charge is 0.407 e. The van der Waals surface area contributed by atoms with Crippen molar-refractivity contribution in [3.05, 3.63) is 0 Å². The van der Waals surface area contributed by atoms with Crippen molar-refractivity contribution >= 4 is 29.8 Å². The van der Waals surface area contributed by atoms with E-state index in [1.807, 2.05) is 0 Å². The van der Waals surface area contributed by atoms with Crippen LogP contribution in [0.1, 0.15) is 34.6 Å². The van der Waals surface area contributed by atoms with Crippen LogP contribution in [0.3, 0.4) is 0 Å². The standard InChI is InChI=1S/C11H22N2O4S.C2H4O2/c1-10(2,3)17-9(16)13-5-6-18-7-11(4,12)8(14)15;1-2(3)4/h5-7,12H2,1-4H3,(H,13,16)(H,14,15);1H3,(H,3,4)/t11-;/m0./s1. The van der Waals surface area contributed by atoms with Gasteiger partial charge in [-0.15, -0.1) is 0 Å². The van der Waals surface area contributed by atoms with Crippen molar-refractivity contribution in [1.82, 2.24) is 5.32 Å². The number of carbonyl (C=O) groups is 3. The number of hydrogen-bond acceptors (Lipinski definition) is 6.